The molecule has 1 aliphatic heterocycles. The molecule has 2 atom stereocenters. The number of hydrogen-bond acceptors (Lipinski definition) is 4. The fourth-order valence-electron chi connectivity index (χ4n) is 3.13. The third kappa shape index (κ3) is 2.08. The van der Waals surface area contributed by atoms with Gasteiger partial charge in [-0.3, -0.25) is 4.98 Å². The molecule has 3 rings (SSSR count). The molecule has 0 spiro atoms. The molecule has 2 heterocycles. The van der Waals surface area contributed by atoms with Gasteiger partial charge < -0.3 is 9.64 Å². The zero-order valence-electron chi connectivity index (χ0n) is 10.3. The van der Waals surface area contributed by atoms with Crippen molar-refractivity contribution in [1.29, 1.82) is 0 Å². The summed E-state index contributed by atoms with van der Waals surface area (Å²) in [7, 11) is 0. The summed E-state index contributed by atoms with van der Waals surface area (Å²) in [5.74, 6) is 3.38. The lowest BCUT2D eigenvalue weighted by molar-refractivity contribution is 0.325. The monoisotopic (exact) mass is 233 g/mol. The highest BCUT2D eigenvalue weighted by Crippen LogP contribution is 2.39. The van der Waals surface area contributed by atoms with Gasteiger partial charge in [-0.1, -0.05) is 6.42 Å². The van der Waals surface area contributed by atoms with Crippen LogP contribution in [0.3, 0.4) is 0 Å². The van der Waals surface area contributed by atoms with Crippen molar-refractivity contribution in [3.8, 4) is 5.88 Å². The van der Waals surface area contributed by atoms with E-state index >= 15 is 0 Å². The highest BCUT2D eigenvalue weighted by atomic mass is 16.5. The summed E-state index contributed by atoms with van der Waals surface area (Å²) in [6.07, 6.45) is 7.72. The van der Waals surface area contributed by atoms with Crippen LogP contribution in [0.2, 0.25) is 0 Å². The van der Waals surface area contributed by atoms with Crippen molar-refractivity contribution < 1.29 is 4.74 Å². The quantitative estimate of drug-likeness (QED) is 0.801. The third-order valence-electron chi connectivity index (χ3n) is 3.94. The highest BCUT2D eigenvalue weighted by Gasteiger charge is 2.36. The van der Waals surface area contributed by atoms with Crippen LogP contribution in [-0.4, -0.2) is 29.7 Å². The molecule has 1 aromatic heterocycles. The van der Waals surface area contributed by atoms with Crippen LogP contribution in [0, 0.1) is 11.8 Å². The predicted molar refractivity (Wildman–Crippen MR) is 66.2 cm³/mol. The summed E-state index contributed by atoms with van der Waals surface area (Å²) in [5.41, 5.74) is 0. The largest absolute Gasteiger partial charge is 0.477 e. The predicted octanol–water partition coefficient (Wildman–Crippen LogP) is 2.11. The van der Waals surface area contributed by atoms with Gasteiger partial charge >= 0.3 is 0 Å². The lowest BCUT2D eigenvalue weighted by Gasteiger charge is -2.18. The molecular formula is C13H19N3O. The molecule has 2 fully saturated rings. The van der Waals surface area contributed by atoms with Gasteiger partial charge in [-0.15, -0.1) is 0 Å². The average Bonchev–Trinajstić information content (AvgIpc) is 2.89. The van der Waals surface area contributed by atoms with Gasteiger partial charge in [-0.2, -0.15) is 4.98 Å². The van der Waals surface area contributed by atoms with Gasteiger partial charge in [0.2, 0.25) is 5.88 Å². The number of aromatic nitrogens is 2. The van der Waals surface area contributed by atoms with Crippen molar-refractivity contribution in [2.75, 3.05) is 24.6 Å². The maximum Gasteiger partial charge on any atom is 0.234 e. The molecule has 1 aromatic rings. The normalized spacial score (nSPS) is 27.2. The molecule has 92 valence electrons. The smallest absolute Gasteiger partial charge is 0.234 e. The van der Waals surface area contributed by atoms with Crippen molar-refractivity contribution in [1.82, 2.24) is 9.97 Å². The minimum absolute atomic E-state index is 0.641. The van der Waals surface area contributed by atoms with E-state index in [4.69, 9.17) is 4.74 Å². The van der Waals surface area contributed by atoms with Gasteiger partial charge in [0.15, 0.2) is 5.82 Å². The summed E-state index contributed by atoms with van der Waals surface area (Å²) in [6.45, 7) is 4.90. The lowest BCUT2D eigenvalue weighted by Crippen LogP contribution is -2.22. The molecule has 4 heteroatoms. The summed E-state index contributed by atoms with van der Waals surface area (Å²) in [5, 5.41) is 0. The number of hydrogen-bond donors (Lipinski definition) is 0. The molecule has 1 aliphatic carbocycles. The Morgan fingerprint density at radius 3 is 2.76 bits per heavy atom. The zero-order chi connectivity index (χ0) is 11.7. The Morgan fingerprint density at radius 2 is 2.06 bits per heavy atom. The van der Waals surface area contributed by atoms with Crippen LogP contribution in [0.25, 0.3) is 0 Å². The second-order valence-electron chi connectivity index (χ2n) is 5.00. The van der Waals surface area contributed by atoms with Gasteiger partial charge in [0.1, 0.15) is 0 Å². The first-order valence-corrected chi connectivity index (χ1v) is 6.56. The van der Waals surface area contributed by atoms with Crippen molar-refractivity contribution in [2.24, 2.45) is 11.8 Å². The van der Waals surface area contributed by atoms with E-state index in [1.54, 1.807) is 6.20 Å². The topological polar surface area (TPSA) is 38.2 Å². The molecule has 17 heavy (non-hydrogen) atoms. The Kier molecular flexibility index (Phi) is 2.87. The Morgan fingerprint density at radius 1 is 1.29 bits per heavy atom. The summed E-state index contributed by atoms with van der Waals surface area (Å²) < 4.78 is 5.40. The molecule has 4 nitrogen and oxygen atoms in total. The third-order valence-corrected chi connectivity index (χ3v) is 3.94. The highest BCUT2D eigenvalue weighted by molar-refractivity contribution is 5.39. The maximum absolute atomic E-state index is 5.40. The van der Waals surface area contributed by atoms with Crippen LogP contribution in [0.4, 0.5) is 5.82 Å². The number of ether oxygens (including phenoxy) is 1. The van der Waals surface area contributed by atoms with E-state index in [1.807, 2.05) is 13.1 Å². The van der Waals surface area contributed by atoms with Crippen molar-refractivity contribution in [2.45, 2.75) is 26.2 Å². The van der Waals surface area contributed by atoms with Gasteiger partial charge in [0, 0.05) is 13.1 Å². The van der Waals surface area contributed by atoms with Gasteiger partial charge in [0.25, 0.3) is 0 Å². The van der Waals surface area contributed by atoms with Crippen molar-refractivity contribution >= 4 is 5.82 Å². The summed E-state index contributed by atoms with van der Waals surface area (Å²) >= 11 is 0. The Balaban J connectivity index is 1.74. The van der Waals surface area contributed by atoms with E-state index in [0.29, 0.717) is 12.5 Å². The second-order valence-corrected chi connectivity index (χ2v) is 5.00. The Labute approximate surface area is 102 Å². The van der Waals surface area contributed by atoms with Gasteiger partial charge in [0.05, 0.1) is 19.0 Å². The van der Waals surface area contributed by atoms with Crippen LogP contribution in [0.1, 0.15) is 26.2 Å². The summed E-state index contributed by atoms with van der Waals surface area (Å²) in [4.78, 5) is 11.1. The molecule has 0 N–H and O–H groups in total. The first-order chi connectivity index (χ1) is 8.36. The van der Waals surface area contributed by atoms with Gasteiger partial charge in [-0.25, -0.2) is 0 Å². The van der Waals surface area contributed by atoms with E-state index < -0.39 is 0 Å². The van der Waals surface area contributed by atoms with E-state index in [-0.39, 0.29) is 0 Å². The van der Waals surface area contributed by atoms with Crippen LogP contribution in [0.15, 0.2) is 12.4 Å². The van der Waals surface area contributed by atoms with E-state index in [1.165, 1.54) is 19.3 Å². The molecular weight excluding hydrogens is 214 g/mol. The Hall–Kier alpha value is -1.32. The second kappa shape index (κ2) is 4.51. The number of fused-ring (bicyclic) bond motifs is 1. The molecule has 0 radical (unpaired) electrons. The molecule has 2 unspecified atom stereocenters. The fourth-order valence-corrected chi connectivity index (χ4v) is 3.13. The van der Waals surface area contributed by atoms with E-state index in [9.17, 15) is 0 Å². The van der Waals surface area contributed by atoms with Gasteiger partial charge in [-0.05, 0) is 31.6 Å². The lowest BCUT2D eigenvalue weighted by atomic mass is 10.0. The minimum atomic E-state index is 0.641. The van der Waals surface area contributed by atoms with Crippen LogP contribution < -0.4 is 9.64 Å². The molecule has 0 bridgehead atoms. The van der Waals surface area contributed by atoms with Crippen molar-refractivity contribution in [3.63, 3.8) is 0 Å². The SMILES string of the molecule is CCOc1cncc(N2CC3CCCC3C2)n1. The fraction of sp³-hybridized carbons (Fsp3) is 0.692. The van der Waals surface area contributed by atoms with E-state index in [0.717, 1.165) is 30.7 Å². The standard InChI is InChI=1S/C13H19N3O/c1-2-17-13-7-14-6-12(15-13)16-8-10-4-3-5-11(10)9-16/h6-7,10-11H,2-5,8-9H2,1H3. The molecule has 1 saturated carbocycles. The molecule has 1 saturated heterocycles. The molecule has 2 aliphatic rings. The van der Waals surface area contributed by atoms with Crippen molar-refractivity contribution in [3.05, 3.63) is 12.4 Å². The Bertz CT molecular complexity index is 384. The first kappa shape index (κ1) is 10.8. The van der Waals surface area contributed by atoms with Crippen LogP contribution in [0.5, 0.6) is 5.88 Å². The molecule has 0 amide bonds. The van der Waals surface area contributed by atoms with E-state index in [2.05, 4.69) is 14.9 Å². The first-order valence-electron chi connectivity index (χ1n) is 6.56. The number of nitrogens with zero attached hydrogens (tertiary/aromatic N) is 3. The van der Waals surface area contributed by atoms with Crippen LogP contribution in [-0.2, 0) is 0 Å². The molecule has 0 aromatic carbocycles. The minimum Gasteiger partial charge on any atom is -0.477 e. The summed E-state index contributed by atoms with van der Waals surface area (Å²) in [6, 6.07) is 0. The number of anilines is 1. The maximum atomic E-state index is 5.40. The zero-order valence-corrected chi connectivity index (χ0v) is 10.3. The average molecular weight is 233 g/mol. The van der Waals surface area contributed by atoms with Crippen LogP contribution >= 0.6 is 0 Å². The number of rotatable bonds is 3.